The molecule has 1 heterocycles. The molecule has 4 nitrogen and oxygen atoms in total. The van der Waals surface area contributed by atoms with Gasteiger partial charge in [-0.3, -0.25) is 9.78 Å². The number of aromatic nitrogens is 1. The Hall–Kier alpha value is -3.24. The molecule has 2 N–H and O–H groups in total. The maximum Gasteiger partial charge on any atom is 0.307 e. The number of benzene rings is 2. The summed E-state index contributed by atoms with van der Waals surface area (Å²) >= 11 is 0. The molecule has 0 unspecified atom stereocenters. The van der Waals surface area contributed by atoms with Crippen molar-refractivity contribution in [2.24, 2.45) is 0 Å². The Balaban J connectivity index is 1.67. The zero-order chi connectivity index (χ0) is 26.6. The fraction of sp³-hybridized carbons (Fsp3) is 0.394. The molecule has 0 atom stereocenters. The summed E-state index contributed by atoms with van der Waals surface area (Å²) in [6.45, 7) is 8.78. The lowest BCUT2D eigenvalue weighted by molar-refractivity contribution is -0.136. The molecule has 1 aromatic heterocycles. The summed E-state index contributed by atoms with van der Waals surface area (Å²) in [5, 5.41) is 19.9. The van der Waals surface area contributed by atoms with Crippen LogP contribution in [0.3, 0.4) is 0 Å². The third-order valence-corrected chi connectivity index (χ3v) is 8.31. The average Bonchev–Trinajstić information content (AvgIpc) is 3.31. The van der Waals surface area contributed by atoms with Crippen LogP contribution in [0.25, 0.3) is 17.2 Å². The zero-order valence-corrected chi connectivity index (χ0v) is 22.6. The van der Waals surface area contributed by atoms with E-state index in [4.69, 9.17) is 5.11 Å². The average molecular weight is 498 g/mol. The van der Waals surface area contributed by atoms with E-state index in [0.29, 0.717) is 5.56 Å². The molecule has 0 spiro atoms. The normalized spacial score (nSPS) is 15.4. The Kier molecular flexibility index (Phi) is 7.99. The van der Waals surface area contributed by atoms with Gasteiger partial charge in [0.25, 0.3) is 0 Å². The predicted octanol–water partition coefficient (Wildman–Crippen LogP) is 7.42. The summed E-state index contributed by atoms with van der Waals surface area (Å²) < 4.78 is 0. The summed E-state index contributed by atoms with van der Waals surface area (Å²) in [6, 6.07) is 15.3. The second-order valence-electron chi connectivity index (χ2n) is 10.7. The SMILES string of the molecule is CCC(CC)(c1ccc(/C=C/C2(O)CCCC2)c(C)c1)c1ccc(-c2cncc(CC(=O)O)c2)c(C)c1. The Bertz CT molecular complexity index is 1300. The van der Waals surface area contributed by atoms with Crippen molar-refractivity contribution in [1.29, 1.82) is 0 Å². The number of rotatable bonds is 9. The molecule has 0 amide bonds. The van der Waals surface area contributed by atoms with Crippen LogP contribution >= 0.6 is 0 Å². The van der Waals surface area contributed by atoms with Crippen molar-refractivity contribution < 1.29 is 15.0 Å². The molecule has 0 saturated heterocycles. The van der Waals surface area contributed by atoms with Crippen molar-refractivity contribution in [3.8, 4) is 11.1 Å². The molecule has 1 fully saturated rings. The van der Waals surface area contributed by atoms with Crippen molar-refractivity contribution in [3.63, 3.8) is 0 Å². The number of carboxylic acid groups (broad SMARTS) is 1. The van der Waals surface area contributed by atoms with Crippen LogP contribution in [-0.4, -0.2) is 26.8 Å². The molecule has 1 saturated carbocycles. The van der Waals surface area contributed by atoms with Crippen molar-refractivity contribution in [2.45, 2.75) is 83.7 Å². The van der Waals surface area contributed by atoms with Gasteiger partial charge in [-0.2, -0.15) is 0 Å². The maximum absolute atomic E-state index is 11.2. The highest BCUT2D eigenvalue weighted by Gasteiger charge is 2.32. The fourth-order valence-electron chi connectivity index (χ4n) is 5.98. The predicted molar refractivity (Wildman–Crippen MR) is 151 cm³/mol. The lowest BCUT2D eigenvalue weighted by Gasteiger charge is -2.34. The van der Waals surface area contributed by atoms with E-state index < -0.39 is 11.6 Å². The number of nitrogens with zero attached hydrogens (tertiary/aromatic N) is 1. The number of aliphatic hydroxyl groups is 1. The minimum Gasteiger partial charge on any atom is -0.481 e. The lowest BCUT2D eigenvalue weighted by Crippen LogP contribution is -2.26. The van der Waals surface area contributed by atoms with Crippen LogP contribution < -0.4 is 0 Å². The summed E-state index contributed by atoms with van der Waals surface area (Å²) in [5.41, 5.74) is 8.09. The Morgan fingerprint density at radius 1 is 0.973 bits per heavy atom. The quantitative estimate of drug-likeness (QED) is 0.323. The molecule has 0 radical (unpaired) electrons. The molecular weight excluding hydrogens is 458 g/mol. The van der Waals surface area contributed by atoms with Crippen molar-refractivity contribution in [2.75, 3.05) is 0 Å². The first-order chi connectivity index (χ1) is 17.7. The van der Waals surface area contributed by atoms with Gasteiger partial charge >= 0.3 is 5.97 Å². The van der Waals surface area contributed by atoms with E-state index in [1.54, 1.807) is 12.4 Å². The van der Waals surface area contributed by atoms with Gasteiger partial charge in [-0.25, -0.2) is 0 Å². The first-order valence-electron chi connectivity index (χ1n) is 13.5. The van der Waals surface area contributed by atoms with E-state index in [-0.39, 0.29) is 11.8 Å². The molecule has 1 aliphatic rings. The number of aryl methyl sites for hydroxylation is 2. The molecule has 2 aromatic carbocycles. The first-order valence-corrected chi connectivity index (χ1v) is 13.5. The number of carboxylic acids is 1. The second kappa shape index (κ2) is 11.0. The number of aliphatic carboxylic acids is 1. The van der Waals surface area contributed by atoms with Crippen LogP contribution in [0.2, 0.25) is 0 Å². The summed E-state index contributed by atoms with van der Waals surface area (Å²) in [5.74, 6) is -0.854. The van der Waals surface area contributed by atoms with Crippen molar-refractivity contribution >= 4 is 12.0 Å². The van der Waals surface area contributed by atoms with Gasteiger partial charge in [0.05, 0.1) is 12.0 Å². The van der Waals surface area contributed by atoms with Crippen LogP contribution in [-0.2, 0) is 16.6 Å². The maximum atomic E-state index is 11.2. The third kappa shape index (κ3) is 5.70. The third-order valence-electron chi connectivity index (χ3n) is 8.31. The van der Waals surface area contributed by atoms with Crippen LogP contribution in [0.15, 0.2) is 60.9 Å². The highest BCUT2D eigenvalue weighted by atomic mass is 16.4. The summed E-state index contributed by atoms with van der Waals surface area (Å²) in [7, 11) is 0. The van der Waals surface area contributed by atoms with Gasteiger partial charge in [0.15, 0.2) is 0 Å². The van der Waals surface area contributed by atoms with Gasteiger partial charge < -0.3 is 10.2 Å². The van der Waals surface area contributed by atoms with Gasteiger partial charge in [0, 0.05) is 23.4 Å². The van der Waals surface area contributed by atoms with Crippen molar-refractivity contribution in [1.82, 2.24) is 4.98 Å². The van der Waals surface area contributed by atoms with Gasteiger partial charge in [-0.05, 0) is 84.5 Å². The van der Waals surface area contributed by atoms with E-state index >= 15 is 0 Å². The molecule has 1 aliphatic carbocycles. The molecule has 0 bridgehead atoms. The van der Waals surface area contributed by atoms with Gasteiger partial charge in [0.1, 0.15) is 0 Å². The highest BCUT2D eigenvalue weighted by Crippen LogP contribution is 2.41. The highest BCUT2D eigenvalue weighted by molar-refractivity contribution is 5.73. The van der Waals surface area contributed by atoms with E-state index in [2.05, 4.69) is 75.2 Å². The molecule has 194 valence electrons. The van der Waals surface area contributed by atoms with Crippen molar-refractivity contribution in [3.05, 3.63) is 94.3 Å². The lowest BCUT2D eigenvalue weighted by atomic mass is 9.69. The van der Waals surface area contributed by atoms with E-state index in [9.17, 15) is 9.90 Å². The monoisotopic (exact) mass is 497 g/mol. The Labute approximate surface area is 221 Å². The summed E-state index contributed by atoms with van der Waals surface area (Å²) in [6.07, 6.45) is 13.3. The zero-order valence-electron chi connectivity index (χ0n) is 22.6. The largest absolute Gasteiger partial charge is 0.481 e. The topological polar surface area (TPSA) is 70.4 Å². The number of pyridine rings is 1. The Morgan fingerprint density at radius 3 is 2.22 bits per heavy atom. The number of hydrogen-bond acceptors (Lipinski definition) is 3. The van der Waals surface area contributed by atoms with E-state index in [1.165, 1.54) is 16.7 Å². The van der Waals surface area contributed by atoms with Gasteiger partial charge in [-0.1, -0.05) is 75.2 Å². The first kappa shape index (κ1) is 26.8. The van der Waals surface area contributed by atoms with Crippen LogP contribution in [0.5, 0.6) is 0 Å². The second-order valence-corrected chi connectivity index (χ2v) is 10.7. The molecule has 3 aromatic rings. The standard InChI is InChI=1S/C33H39NO3/c1-5-33(6-2,28-10-9-26(23(3)17-28)13-16-32(37)14-7-8-15-32)29-11-12-30(24(4)18-29)27-19-25(20-31(35)36)21-34-22-27/h9-13,16-19,21-22,37H,5-8,14-15,20H2,1-4H3,(H,35,36)/b16-13+. The fourth-order valence-corrected chi connectivity index (χ4v) is 5.98. The smallest absolute Gasteiger partial charge is 0.307 e. The molecule has 4 rings (SSSR count). The van der Waals surface area contributed by atoms with Crippen LogP contribution in [0.1, 0.15) is 85.8 Å². The minimum absolute atomic E-state index is 0.0312. The molecule has 0 aliphatic heterocycles. The van der Waals surface area contributed by atoms with E-state index in [1.807, 2.05) is 12.1 Å². The van der Waals surface area contributed by atoms with Crippen LogP contribution in [0.4, 0.5) is 0 Å². The molecule has 37 heavy (non-hydrogen) atoms. The van der Waals surface area contributed by atoms with Crippen LogP contribution in [0, 0.1) is 13.8 Å². The molecular formula is C33H39NO3. The Morgan fingerprint density at radius 2 is 1.62 bits per heavy atom. The summed E-state index contributed by atoms with van der Waals surface area (Å²) in [4.78, 5) is 15.4. The number of hydrogen-bond donors (Lipinski definition) is 2. The van der Waals surface area contributed by atoms with Gasteiger partial charge in [0.2, 0.25) is 0 Å². The minimum atomic E-state index is -0.854. The number of carbonyl (C=O) groups is 1. The van der Waals surface area contributed by atoms with Gasteiger partial charge in [-0.15, -0.1) is 0 Å². The molecule has 4 heteroatoms. The van der Waals surface area contributed by atoms with E-state index in [0.717, 1.165) is 60.8 Å².